The third-order valence-corrected chi connectivity index (χ3v) is 3.55. The van der Waals surface area contributed by atoms with Crippen molar-refractivity contribution in [3.63, 3.8) is 0 Å². The van der Waals surface area contributed by atoms with Crippen molar-refractivity contribution in [1.82, 2.24) is 19.7 Å². The van der Waals surface area contributed by atoms with E-state index in [-0.39, 0.29) is 0 Å². The van der Waals surface area contributed by atoms with Crippen molar-refractivity contribution in [1.29, 1.82) is 0 Å². The molecule has 0 amide bonds. The molecule has 126 valence electrons. The number of nitrogens with zero attached hydrogens (tertiary/aromatic N) is 4. The summed E-state index contributed by atoms with van der Waals surface area (Å²) in [7, 11) is 0. The molecule has 2 aromatic heterocycles. The van der Waals surface area contributed by atoms with E-state index in [0.717, 1.165) is 35.4 Å². The molecular formula is C17H23N7. The van der Waals surface area contributed by atoms with Crippen LogP contribution in [0.15, 0.2) is 36.8 Å². The molecule has 7 nitrogen and oxygen atoms in total. The molecule has 0 aliphatic carbocycles. The Balaban J connectivity index is 1.92. The quantitative estimate of drug-likeness (QED) is 0.578. The first kappa shape index (κ1) is 16.2. The SMILES string of the molecule is CC(C)Nc1ccc2cnn(-c3cncc(NCCCN)n3)c2c1. The molecule has 0 fully saturated rings. The van der Waals surface area contributed by atoms with Crippen molar-refractivity contribution >= 4 is 22.4 Å². The molecule has 0 spiro atoms. The molecular weight excluding hydrogens is 302 g/mol. The van der Waals surface area contributed by atoms with Gasteiger partial charge in [0.05, 0.1) is 24.1 Å². The minimum atomic E-state index is 0.369. The third kappa shape index (κ3) is 3.62. The van der Waals surface area contributed by atoms with Gasteiger partial charge in [0, 0.05) is 23.7 Å². The summed E-state index contributed by atoms with van der Waals surface area (Å²) in [6.45, 7) is 5.65. The second-order valence-electron chi connectivity index (χ2n) is 5.96. The molecule has 0 radical (unpaired) electrons. The van der Waals surface area contributed by atoms with Crippen LogP contribution < -0.4 is 16.4 Å². The molecule has 0 aliphatic heterocycles. The van der Waals surface area contributed by atoms with Crippen LogP contribution in [0.25, 0.3) is 16.7 Å². The normalized spacial score (nSPS) is 11.2. The number of fused-ring (bicyclic) bond motifs is 1. The molecule has 0 bridgehead atoms. The highest BCUT2D eigenvalue weighted by Gasteiger charge is 2.09. The van der Waals surface area contributed by atoms with E-state index in [1.165, 1.54) is 0 Å². The molecule has 2 heterocycles. The molecule has 0 unspecified atom stereocenters. The molecule has 1 aromatic carbocycles. The summed E-state index contributed by atoms with van der Waals surface area (Å²) in [5.41, 5.74) is 7.57. The maximum Gasteiger partial charge on any atom is 0.174 e. The van der Waals surface area contributed by atoms with Crippen molar-refractivity contribution in [2.75, 3.05) is 23.7 Å². The zero-order chi connectivity index (χ0) is 16.9. The Bertz CT molecular complexity index is 810. The van der Waals surface area contributed by atoms with E-state index in [0.29, 0.717) is 18.4 Å². The van der Waals surface area contributed by atoms with Crippen molar-refractivity contribution in [2.45, 2.75) is 26.3 Å². The number of nitrogens with one attached hydrogen (secondary N) is 2. The predicted molar refractivity (Wildman–Crippen MR) is 97.6 cm³/mol. The first-order valence-corrected chi connectivity index (χ1v) is 8.18. The van der Waals surface area contributed by atoms with Crippen molar-refractivity contribution in [3.05, 3.63) is 36.8 Å². The van der Waals surface area contributed by atoms with Gasteiger partial charge in [0.1, 0.15) is 5.82 Å². The van der Waals surface area contributed by atoms with Gasteiger partial charge in [-0.1, -0.05) is 0 Å². The number of hydrogen-bond donors (Lipinski definition) is 3. The van der Waals surface area contributed by atoms with Gasteiger partial charge in [-0.3, -0.25) is 4.98 Å². The summed E-state index contributed by atoms with van der Waals surface area (Å²) in [5, 5.41) is 12.2. The third-order valence-electron chi connectivity index (χ3n) is 3.55. The number of hydrogen-bond acceptors (Lipinski definition) is 6. The largest absolute Gasteiger partial charge is 0.383 e. The lowest BCUT2D eigenvalue weighted by atomic mass is 10.2. The van der Waals surface area contributed by atoms with Gasteiger partial charge >= 0.3 is 0 Å². The number of aromatic nitrogens is 4. The first-order chi connectivity index (χ1) is 11.7. The Labute approximate surface area is 141 Å². The van der Waals surface area contributed by atoms with Gasteiger partial charge in [-0.05, 0) is 45.0 Å². The fourth-order valence-corrected chi connectivity index (χ4v) is 2.49. The van der Waals surface area contributed by atoms with Gasteiger partial charge < -0.3 is 16.4 Å². The van der Waals surface area contributed by atoms with Crippen molar-refractivity contribution in [2.24, 2.45) is 5.73 Å². The smallest absolute Gasteiger partial charge is 0.174 e. The Hall–Kier alpha value is -2.67. The van der Waals surface area contributed by atoms with Gasteiger partial charge in [0.15, 0.2) is 5.82 Å². The highest BCUT2D eigenvalue weighted by atomic mass is 15.3. The maximum absolute atomic E-state index is 5.51. The number of benzene rings is 1. The summed E-state index contributed by atoms with van der Waals surface area (Å²) in [6.07, 6.45) is 6.14. The summed E-state index contributed by atoms with van der Waals surface area (Å²) >= 11 is 0. The highest BCUT2D eigenvalue weighted by Crippen LogP contribution is 2.22. The van der Waals surface area contributed by atoms with Crippen LogP contribution in [0.4, 0.5) is 11.5 Å². The Kier molecular flexibility index (Phi) is 4.90. The Morgan fingerprint density at radius 3 is 2.88 bits per heavy atom. The van der Waals surface area contributed by atoms with E-state index in [1.54, 1.807) is 12.4 Å². The molecule has 3 rings (SSSR count). The number of nitrogens with two attached hydrogens (primary N) is 1. The fourth-order valence-electron chi connectivity index (χ4n) is 2.49. The number of rotatable bonds is 7. The average Bonchev–Trinajstić information content (AvgIpc) is 2.98. The topological polar surface area (TPSA) is 93.7 Å². The van der Waals surface area contributed by atoms with Crippen LogP contribution in [0, 0.1) is 0 Å². The van der Waals surface area contributed by atoms with E-state index in [2.05, 4.69) is 57.7 Å². The average molecular weight is 325 g/mol. The Morgan fingerprint density at radius 2 is 2.08 bits per heavy atom. The summed E-state index contributed by atoms with van der Waals surface area (Å²) in [6, 6.07) is 6.57. The molecule has 7 heteroatoms. The van der Waals surface area contributed by atoms with E-state index >= 15 is 0 Å². The van der Waals surface area contributed by atoms with Crippen LogP contribution in [-0.4, -0.2) is 38.9 Å². The maximum atomic E-state index is 5.51. The molecule has 0 saturated heterocycles. The lowest BCUT2D eigenvalue weighted by Crippen LogP contribution is -2.11. The minimum absolute atomic E-state index is 0.369. The minimum Gasteiger partial charge on any atom is -0.383 e. The fraction of sp³-hybridized carbons (Fsp3) is 0.353. The van der Waals surface area contributed by atoms with E-state index in [4.69, 9.17) is 5.73 Å². The standard InChI is InChI=1S/C17H23N7/c1-12(2)22-14-5-4-13-9-21-24(15(13)8-14)17-11-19-10-16(23-17)20-7-3-6-18/h4-5,8-12,22H,3,6-7,18H2,1-2H3,(H,20,23). The van der Waals surface area contributed by atoms with Crippen LogP contribution in [0.1, 0.15) is 20.3 Å². The molecule has 3 aromatic rings. The summed E-state index contributed by atoms with van der Waals surface area (Å²) < 4.78 is 1.81. The van der Waals surface area contributed by atoms with Gasteiger partial charge in [0.2, 0.25) is 0 Å². The van der Waals surface area contributed by atoms with Gasteiger partial charge in [-0.15, -0.1) is 0 Å². The zero-order valence-corrected chi connectivity index (χ0v) is 14.0. The summed E-state index contributed by atoms with van der Waals surface area (Å²) in [5.74, 6) is 1.41. The zero-order valence-electron chi connectivity index (χ0n) is 14.0. The second-order valence-corrected chi connectivity index (χ2v) is 5.96. The van der Waals surface area contributed by atoms with Crippen LogP contribution in [0.2, 0.25) is 0 Å². The monoisotopic (exact) mass is 325 g/mol. The first-order valence-electron chi connectivity index (χ1n) is 8.18. The van der Waals surface area contributed by atoms with Crippen molar-refractivity contribution < 1.29 is 0 Å². The molecule has 0 saturated carbocycles. The summed E-state index contributed by atoms with van der Waals surface area (Å²) in [4.78, 5) is 8.86. The van der Waals surface area contributed by atoms with Crippen LogP contribution in [-0.2, 0) is 0 Å². The van der Waals surface area contributed by atoms with Gasteiger partial charge in [-0.25, -0.2) is 9.67 Å². The lowest BCUT2D eigenvalue weighted by Gasteiger charge is -2.11. The molecule has 0 aliphatic rings. The number of anilines is 2. The van der Waals surface area contributed by atoms with Gasteiger partial charge in [-0.2, -0.15) is 5.10 Å². The van der Waals surface area contributed by atoms with Crippen LogP contribution >= 0.6 is 0 Å². The van der Waals surface area contributed by atoms with E-state index in [1.807, 2.05) is 10.9 Å². The second kappa shape index (κ2) is 7.27. The van der Waals surface area contributed by atoms with E-state index < -0.39 is 0 Å². The molecule has 24 heavy (non-hydrogen) atoms. The highest BCUT2D eigenvalue weighted by molar-refractivity contribution is 5.83. The molecule has 4 N–H and O–H groups in total. The van der Waals surface area contributed by atoms with Crippen LogP contribution in [0.5, 0.6) is 0 Å². The molecule has 0 atom stereocenters. The lowest BCUT2D eigenvalue weighted by molar-refractivity contribution is 0.847. The predicted octanol–water partition coefficient (Wildman–Crippen LogP) is 2.40. The van der Waals surface area contributed by atoms with E-state index in [9.17, 15) is 0 Å². The van der Waals surface area contributed by atoms with Crippen molar-refractivity contribution in [3.8, 4) is 5.82 Å². The van der Waals surface area contributed by atoms with Crippen LogP contribution in [0.3, 0.4) is 0 Å². The Morgan fingerprint density at radius 1 is 1.21 bits per heavy atom. The van der Waals surface area contributed by atoms with Gasteiger partial charge in [0.25, 0.3) is 0 Å².